The zero-order chi connectivity index (χ0) is 12.9. The molecular formula is C15H25NO. The molecule has 0 saturated heterocycles. The highest BCUT2D eigenvalue weighted by Gasteiger charge is 2.16. The molecule has 0 aliphatic carbocycles. The average molecular weight is 235 g/mol. The van der Waals surface area contributed by atoms with Crippen LogP contribution in [0.4, 0.5) is 0 Å². The van der Waals surface area contributed by atoms with E-state index in [1.165, 1.54) is 11.1 Å². The van der Waals surface area contributed by atoms with Crippen LogP contribution >= 0.6 is 0 Å². The van der Waals surface area contributed by atoms with Crippen molar-refractivity contribution in [2.45, 2.75) is 52.2 Å². The summed E-state index contributed by atoms with van der Waals surface area (Å²) < 4.78 is 0. The number of rotatable bonds is 6. The summed E-state index contributed by atoms with van der Waals surface area (Å²) in [5.74, 6) is 0.581. The Morgan fingerprint density at radius 1 is 1.24 bits per heavy atom. The van der Waals surface area contributed by atoms with Crippen molar-refractivity contribution in [3.05, 3.63) is 35.4 Å². The molecule has 1 aromatic carbocycles. The van der Waals surface area contributed by atoms with Crippen molar-refractivity contribution < 1.29 is 5.11 Å². The third kappa shape index (κ3) is 4.88. The maximum atomic E-state index is 9.86. The highest BCUT2D eigenvalue weighted by molar-refractivity contribution is 5.24. The number of hydrogen-bond donors (Lipinski definition) is 2. The van der Waals surface area contributed by atoms with Crippen LogP contribution < -0.4 is 5.32 Å². The fourth-order valence-corrected chi connectivity index (χ4v) is 1.62. The molecule has 0 radical (unpaired) electrons. The van der Waals surface area contributed by atoms with E-state index in [4.69, 9.17) is 0 Å². The van der Waals surface area contributed by atoms with Crippen LogP contribution in [0, 0.1) is 0 Å². The first-order valence-corrected chi connectivity index (χ1v) is 6.46. The van der Waals surface area contributed by atoms with E-state index in [2.05, 4.69) is 43.4 Å². The Morgan fingerprint density at radius 3 is 2.29 bits per heavy atom. The van der Waals surface area contributed by atoms with Gasteiger partial charge in [0.1, 0.15) is 0 Å². The number of benzene rings is 1. The molecule has 17 heavy (non-hydrogen) atoms. The number of hydrogen-bond acceptors (Lipinski definition) is 2. The van der Waals surface area contributed by atoms with Gasteiger partial charge in [0, 0.05) is 13.1 Å². The van der Waals surface area contributed by atoms with Crippen molar-refractivity contribution >= 4 is 0 Å². The molecule has 0 saturated carbocycles. The minimum Gasteiger partial charge on any atom is -0.389 e. The van der Waals surface area contributed by atoms with Crippen LogP contribution in [0.5, 0.6) is 0 Å². The van der Waals surface area contributed by atoms with E-state index < -0.39 is 5.60 Å². The van der Waals surface area contributed by atoms with E-state index in [0.717, 1.165) is 13.0 Å². The standard InChI is InChI=1S/C15H25NO/c1-5-15(4,17)11-16-10-13-6-8-14(9-7-13)12(2)3/h6-9,12,16-17H,5,10-11H2,1-4H3. The van der Waals surface area contributed by atoms with Crippen molar-refractivity contribution in [3.63, 3.8) is 0 Å². The second kappa shape index (κ2) is 6.18. The van der Waals surface area contributed by atoms with Crippen molar-refractivity contribution in [1.82, 2.24) is 5.32 Å². The third-order valence-electron chi connectivity index (χ3n) is 3.24. The Kier molecular flexibility index (Phi) is 5.16. The van der Waals surface area contributed by atoms with Gasteiger partial charge in [-0.25, -0.2) is 0 Å². The summed E-state index contributed by atoms with van der Waals surface area (Å²) in [6.07, 6.45) is 0.770. The van der Waals surface area contributed by atoms with Crippen LogP contribution in [-0.4, -0.2) is 17.3 Å². The summed E-state index contributed by atoms with van der Waals surface area (Å²) in [7, 11) is 0. The molecular weight excluding hydrogens is 210 g/mol. The van der Waals surface area contributed by atoms with Crippen LogP contribution in [0.1, 0.15) is 51.2 Å². The molecule has 0 aliphatic rings. The highest BCUT2D eigenvalue weighted by Crippen LogP contribution is 2.14. The monoisotopic (exact) mass is 235 g/mol. The summed E-state index contributed by atoms with van der Waals surface area (Å²) >= 11 is 0. The predicted molar refractivity (Wildman–Crippen MR) is 73.2 cm³/mol. The number of nitrogens with one attached hydrogen (secondary N) is 1. The Labute approximate surface area is 105 Å². The van der Waals surface area contributed by atoms with Crippen molar-refractivity contribution in [1.29, 1.82) is 0 Å². The Hall–Kier alpha value is -0.860. The first-order valence-electron chi connectivity index (χ1n) is 6.46. The molecule has 1 rings (SSSR count). The van der Waals surface area contributed by atoms with E-state index in [0.29, 0.717) is 12.5 Å². The van der Waals surface area contributed by atoms with Gasteiger partial charge < -0.3 is 10.4 Å². The molecule has 1 atom stereocenters. The quantitative estimate of drug-likeness (QED) is 0.794. The molecule has 0 aliphatic heterocycles. The lowest BCUT2D eigenvalue weighted by molar-refractivity contribution is 0.0555. The summed E-state index contributed by atoms with van der Waals surface area (Å²) in [6, 6.07) is 8.67. The topological polar surface area (TPSA) is 32.3 Å². The van der Waals surface area contributed by atoms with Gasteiger partial charge in [0.15, 0.2) is 0 Å². The molecule has 0 spiro atoms. The lowest BCUT2D eigenvalue weighted by Crippen LogP contribution is -2.36. The summed E-state index contributed by atoms with van der Waals surface area (Å²) in [5.41, 5.74) is 2.04. The average Bonchev–Trinajstić information content (AvgIpc) is 2.29. The maximum absolute atomic E-state index is 9.86. The van der Waals surface area contributed by atoms with Crippen LogP contribution in [0.2, 0.25) is 0 Å². The Morgan fingerprint density at radius 2 is 1.82 bits per heavy atom. The zero-order valence-electron chi connectivity index (χ0n) is 11.5. The van der Waals surface area contributed by atoms with Gasteiger partial charge in [-0.15, -0.1) is 0 Å². The Bertz CT molecular complexity index is 327. The summed E-state index contributed by atoms with van der Waals surface area (Å²) in [6.45, 7) is 9.71. The van der Waals surface area contributed by atoms with Gasteiger partial charge in [0.05, 0.1) is 5.60 Å². The van der Waals surface area contributed by atoms with Gasteiger partial charge in [-0.1, -0.05) is 45.0 Å². The SMILES string of the molecule is CCC(C)(O)CNCc1ccc(C(C)C)cc1. The van der Waals surface area contributed by atoms with Gasteiger partial charge in [-0.3, -0.25) is 0 Å². The minimum absolute atomic E-state index is 0.581. The van der Waals surface area contributed by atoms with Crippen LogP contribution in [0.25, 0.3) is 0 Å². The second-order valence-corrected chi connectivity index (χ2v) is 5.35. The van der Waals surface area contributed by atoms with E-state index in [1.807, 2.05) is 13.8 Å². The molecule has 2 nitrogen and oxygen atoms in total. The Balaban J connectivity index is 2.42. The molecule has 2 heteroatoms. The zero-order valence-corrected chi connectivity index (χ0v) is 11.5. The van der Waals surface area contributed by atoms with Crippen molar-refractivity contribution in [3.8, 4) is 0 Å². The fourth-order valence-electron chi connectivity index (χ4n) is 1.62. The number of aliphatic hydroxyl groups is 1. The van der Waals surface area contributed by atoms with E-state index >= 15 is 0 Å². The third-order valence-corrected chi connectivity index (χ3v) is 3.24. The second-order valence-electron chi connectivity index (χ2n) is 5.35. The molecule has 96 valence electrons. The normalized spacial score (nSPS) is 14.9. The van der Waals surface area contributed by atoms with Crippen LogP contribution in [0.3, 0.4) is 0 Å². The summed E-state index contributed by atoms with van der Waals surface area (Å²) in [4.78, 5) is 0. The van der Waals surface area contributed by atoms with Crippen molar-refractivity contribution in [2.75, 3.05) is 6.54 Å². The summed E-state index contributed by atoms with van der Waals surface area (Å²) in [5, 5.41) is 13.1. The van der Waals surface area contributed by atoms with Gasteiger partial charge in [0.25, 0.3) is 0 Å². The molecule has 0 heterocycles. The van der Waals surface area contributed by atoms with E-state index in [9.17, 15) is 5.11 Å². The van der Waals surface area contributed by atoms with E-state index in [1.54, 1.807) is 0 Å². The predicted octanol–water partition coefficient (Wildman–Crippen LogP) is 3.06. The van der Waals surface area contributed by atoms with Crippen LogP contribution in [-0.2, 0) is 6.54 Å². The van der Waals surface area contributed by atoms with E-state index in [-0.39, 0.29) is 0 Å². The van der Waals surface area contributed by atoms with Crippen LogP contribution in [0.15, 0.2) is 24.3 Å². The molecule has 1 aromatic rings. The lowest BCUT2D eigenvalue weighted by atomic mass is 10.0. The lowest BCUT2D eigenvalue weighted by Gasteiger charge is -2.21. The van der Waals surface area contributed by atoms with Crippen molar-refractivity contribution in [2.24, 2.45) is 0 Å². The van der Waals surface area contributed by atoms with Gasteiger partial charge >= 0.3 is 0 Å². The molecule has 2 N–H and O–H groups in total. The fraction of sp³-hybridized carbons (Fsp3) is 0.600. The minimum atomic E-state index is -0.599. The molecule has 0 amide bonds. The highest BCUT2D eigenvalue weighted by atomic mass is 16.3. The maximum Gasteiger partial charge on any atom is 0.0741 e. The van der Waals surface area contributed by atoms with Gasteiger partial charge in [-0.05, 0) is 30.4 Å². The smallest absolute Gasteiger partial charge is 0.0741 e. The first-order chi connectivity index (χ1) is 7.94. The first kappa shape index (κ1) is 14.2. The molecule has 1 unspecified atom stereocenters. The van der Waals surface area contributed by atoms with Gasteiger partial charge in [-0.2, -0.15) is 0 Å². The molecule has 0 aromatic heterocycles. The van der Waals surface area contributed by atoms with Gasteiger partial charge in [0.2, 0.25) is 0 Å². The molecule has 0 bridgehead atoms. The molecule has 0 fully saturated rings. The largest absolute Gasteiger partial charge is 0.389 e.